The van der Waals surface area contributed by atoms with E-state index < -0.39 is 0 Å². The van der Waals surface area contributed by atoms with Gasteiger partial charge in [0, 0.05) is 28.9 Å². The number of H-pyrrole nitrogens is 1. The molecule has 3 heterocycles. The van der Waals surface area contributed by atoms with E-state index in [9.17, 15) is 4.79 Å². The molecule has 2 unspecified atom stereocenters. The monoisotopic (exact) mass is 283 g/mol. The Bertz CT molecular complexity index is 503. The van der Waals surface area contributed by atoms with Gasteiger partial charge in [0.2, 0.25) is 0 Å². The average molecular weight is 283 g/mol. The Kier molecular flexibility index (Phi) is 3.68. The van der Waals surface area contributed by atoms with Gasteiger partial charge in [0.1, 0.15) is 5.82 Å². The van der Waals surface area contributed by atoms with Crippen LogP contribution in [-0.4, -0.2) is 33.3 Å². The molecule has 2 aliphatic heterocycles. The summed E-state index contributed by atoms with van der Waals surface area (Å²) in [5, 5.41) is 4.12. The zero-order chi connectivity index (χ0) is 12.5. The first-order chi connectivity index (χ1) is 8.75. The molecule has 0 amide bonds. The van der Waals surface area contributed by atoms with Crippen LogP contribution in [0.15, 0.2) is 4.79 Å². The van der Waals surface area contributed by atoms with Gasteiger partial charge in [-0.1, -0.05) is 6.92 Å². The molecule has 6 heteroatoms. The second-order valence-corrected chi connectivity index (χ2v) is 7.41. The lowest BCUT2D eigenvalue weighted by molar-refractivity contribution is 0.609. The average Bonchev–Trinajstić information content (AvgIpc) is 2.39. The first-order valence-corrected chi connectivity index (χ1v) is 8.41. The van der Waals surface area contributed by atoms with Crippen molar-refractivity contribution in [2.45, 2.75) is 30.4 Å². The second-order valence-electron chi connectivity index (χ2n) is 4.67. The SMILES string of the molecule is CC1SCCSC1c1nc2c(c(=O)[nH]1)CCNC2. The molecule has 1 aromatic heterocycles. The Morgan fingerprint density at radius 2 is 2.17 bits per heavy atom. The van der Waals surface area contributed by atoms with E-state index >= 15 is 0 Å². The summed E-state index contributed by atoms with van der Waals surface area (Å²) in [6.07, 6.45) is 0.792. The smallest absolute Gasteiger partial charge is 0.254 e. The molecule has 18 heavy (non-hydrogen) atoms. The Labute approximate surface area is 115 Å². The summed E-state index contributed by atoms with van der Waals surface area (Å²) in [5.74, 6) is 3.20. The van der Waals surface area contributed by atoms with Crippen molar-refractivity contribution in [3.8, 4) is 0 Å². The van der Waals surface area contributed by atoms with Gasteiger partial charge in [-0.3, -0.25) is 4.79 Å². The zero-order valence-corrected chi connectivity index (χ0v) is 12.0. The molecular weight excluding hydrogens is 266 g/mol. The number of aromatic nitrogens is 2. The molecule has 2 atom stereocenters. The van der Waals surface area contributed by atoms with Crippen molar-refractivity contribution in [2.75, 3.05) is 18.1 Å². The first kappa shape index (κ1) is 12.6. The Hall–Kier alpha value is -0.460. The van der Waals surface area contributed by atoms with Gasteiger partial charge in [-0.05, 0) is 13.0 Å². The van der Waals surface area contributed by atoms with Crippen molar-refractivity contribution < 1.29 is 0 Å². The van der Waals surface area contributed by atoms with Gasteiger partial charge in [-0.15, -0.1) is 11.8 Å². The van der Waals surface area contributed by atoms with Crippen LogP contribution in [0.5, 0.6) is 0 Å². The summed E-state index contributed by atoms with van der Waals surface area (Å²) >= 11 is 3.88. The van der Waals surface area contributed by atoms with Crippen LogP contribution >= 0.6 is 23.5 Å². The van der Waals surface area contributed by atoms with Gasteiger partial charge in [0.15, 0.2) is 0 Å². The number of nitrogens with zero attached hydrogens (tertiary/aromatic N) is 1. The fourth-order valence-electron chi connectivity index (χ4n) is 2.46. The van der Waals surface area contributed by atoms with Crippen molar-refractivity contribution in [1.82, 2.24) is 15.3 Å². The number of rotatable bonds is 1. The lowest BCUT2D eigenvalue weighted by atomic mass is 10.1. The largest absolute Gasteiger partial charge is 0.311 e. The van der Waals surface area contributed by atoms with Crippen LogP contribution in [0, 0.1) is 0 Å². The molecular formula is C12H17N3OS2. The van der Waals surface area contributed by atoms with E-state index in [0.717, 1.165) is 42.3 Å². The van der Waals surface area contributed by atoms with E-state index in [2.05, 4.69) is 17.2 Å². The topological polar surface area (TPSA) is 57.8 Å². The molecule has 3 rings (SSSR count). The fourth-order valence-corrected chi connectivity index (χ4v) is 5.17. The molecule has 0 bridgehead atoms. The van der Waals surface area contributed by atoms with Crippen LogP contribution in [0.25, 0.3) is 0 Å². The first-order valence-electron chi connectivity index (χ1n) is 6.31. The normalized spacial score (nSPS) is 27.8. The molecule has 0 aliphatic carbocycles. The molecule has 1 saturated heterocycles. The van der Waals surface area contributed by atoms with Crippen LogP contribution in [0.3, 0.4) is 0 Å². The van der Waals surface area contributed by atoms with Gasteiger partial charge in [0.25, 0.3) is 5.56 Å². The Morgan fingerprint density at radius 3 is 3.00 bits per heavy atom. The maximum absolute atomic E-state index is 12.1. The fraction of sp³-hybridized carbons (Fsp3) is 0.667. The lowest BCUT2D eigenvalue weighted by Gasteiger charge is -2.27. The summed E-state index contributed by atoms with van der Waals surface area (Å²) in [5.41, 5.74) is 1.89. The quantitative estimate of drug-likeness (QED) is 0.814. The highest BCUT2D eigenvalue weighted by atomic mass is 32.2. The standard InChI is InChI=1S/C12H17N3OS2/c1-7-10(18-5-4-17-7)11-14-9-6-13-3-2-8(9)12(16)15-11/h7,10,13H,2-6H2,1H3,(H,14,15,16). The summed E-state index contributed by atoms with van der Waals surface area (Å²) in [4.78, 5) is 19.8. The Morgan fingerprint density at radius 1 is 1.33 bits per heavy atom. The third-order valence-electron chi connectivity index (χ3n) is 3.42. The van der Waals surface area contributed by atoms with Gasteiger partial charge >= 0.3 is 0 Å². The predicted molar refractivity (Wildman–Crippen MR) is 77.4 cm³/mol. The van der Waals surface area contributed by atoms with E-state index in [1.165, 1.54) is 5.75 Å². The van der Waals surface area contributed by atoms with E-state index in [0.29, 0.717) is 10.5 Å². The van der Waals surface area contributed by atoms with E-state index in [1.54, 1.807) is 0 Å². The van der Waals surface area contributed by atoms with Crippen molar-refractivity contribution in [3.05, 3.63) is 27.4 Å². The van der Waals surface area contributed by atoms with Gasteiger partial charge in [0.05, 0.1) is 10.9 Å². The zero-order valence-electron chi connectivity index (χ0n) is 10.4. The molecule has 4 nitrogen and oxygen atoms in total. The predicted octanol–water partition coefficient (Wildman–Crippen LogP) is 1.33. The highest BCUT2D eigenvalue weighted by Gasteiger charge is 2.27. The van der Waals surface area contributed by atoms with Crippen LogP contribution in [0.1, 0.15) is 29.3 Å². The van der Waals surface area contributed by atoms with E-state index in [4.69, 9.17) is 4.98 Å². The summed E-state index contributed by atoms with van der Waals surface area (Å²) in [6.45, 7) is 3.83. The van der Waals surface area contributed by atoms with Crippen LogP contribution in [0.2, 0.25) is 0 Å². The minimum Gasteiger partial charge on any atom is -0.311 e. The number of nitrogens with one attached hydrogen (secondary N) is 2. The highest BCUT2D eigenvalue weighted by Crippen LogP contribution is 2.40. The third-order valence-corrected chi connectivity index (χ3v) is 6.52. The minimum absolute atomic E-state index is 0.0693. The molecule has 2 N–H and O–H groups in total. The molecule has 0 radical (unpaired) electrons. The van der Waals surface area contributed by atoms with E-state index in [1.807, 2.05) is 23.5 Å². The maximum Gasteiger partial charge on any atom is 0.254 e. The molecule has 1 fully saturated rings. The molecule has 0 aromatic carbocycles. The summed E-state index contributed by atoms with van der Waals surface area (Å²) < 4.78 is 0. The molecule has 2 aliphatic rings. The molecule has 0 spiro atoms. The van der Waals surface area contributed by atoms with Crippen molar-refractivity contribution in [2.24, 2.45) is 0 Å². The van der Waals surface area contributed by atoms with Crippen LogP contribution < -0.4 is 10.9 Å². The third kappa shape index (κ3) is 2.33. The summed E-state index contributed by atoms with van der Waals surface area (Å²) in [6, 6.07) is 0. The minimum atomic E-state index is 0.0693. The lowest BCUT2D eigenvalue weighted by Crippen LogP contribution is -2.33. The number of hydrogen-bond donors (Lipinski definition) is 2. The molecule has 0 saturated carbocycles. The number of hydrogen-bond acceptors (Lipinski definition) is 5. The van der Waals surface area contributed by atoms with E-state index in [-0.39, 0.29) is 5.56 Å². The highest BCUT2D eigenvalue weighted by molar-refractivity contribution is 8.06. The van der Waals surface area contributed by atoms with Crippen molar-refractivity contribution in [1.29, 1.82) is 0 Å². The molecule has 1 aromatic rings. The second kappa shape index (κ2) is 5.27. The van der Waals surface area contributed by atoms with Gasteiger partial charge in [-0.25, -0.2) is 4.98 Å². The Balaban J connectivity index is 1.97. The van der Waals surface area contributed by atoms with Crippen LogP contribution in [-0.2, 0) is 13.0 Å². The van der Waals surface area contributed by atoms with Crippen molar-refractivity contribution >= 4 is 23.5 Å². The van der Waals surface area contributed by atoms with Gasteiger partial charge in [-0.2, -0.15) is 11.8 Å². The number of aromatic amines is 1. The van der Waals surface area contributed by atoms with Gasteiger partial charge < -0.3 is 10.3 Å². The van der Waals surface area contributed by atoms with Crippen molar-refractivity contribution in [3.63, 3.8) is 0 Å². The summed E-state index contributed by atoms with van der Waals surface area (Å²) in [7, 11) is 0. The van der Waals surface area contributed by atoms with Crippen LogP contribution in [0.4, 0.5) is 0 Å². The number of fused-ring (bicyclic) bond motifs is 1. The maximum atomic E-state index is 12.1. The number of thioether (sulfide) groups is 2. The molecule has 98 valence electrons.